The van der Waals surface area contributed by atoms with Crippen molar-refractivity contribution in [2.45, 2.75) is 31.9 Å². The minimum absolute atomic E-state index is 0.155. The molecule has 1 fully saturated rings. The first-order valence-corrected chi connectivity index (χ1v) is 8.07. The van der Waals surface area contributed by atoms with Crippen molar-refractivity contribution in [3.05, 3.63) is 35.2 Å². The molecule has 0 bridgehead atoms. The maximum Gasteiger partial charge on any atom is 0.434 e. The summed E-state index contributed by atoms with van der Waals surface area (Å²) < 4.78 is 41.6. The summed E-state index contributed by atoms with van der Waals surface area (Å²) in [7, 11) is 3.26. The van der Waals surface area contributed by atoms with Crippen molar-refractivity contribution in [1.29, 1.82) is 0 Å². The molecule has 0 aromatic carbocycles. The van der Waals surface area contributed by atoms with Crippen molar-refractivity contribution in [2.24, 2.45) is 14.1 Å². The van der Waals surface area contributed by atoms with Gasteiger partial charge in [-0.3, -0.25) is 9.48 Å². The molecule has 1 amide bonds. The standard InChI is InChI=1S/C16H20F3N5O/c1-10-7-12(23(3)21-10)15(25)24-6-4-5-11(8-24)14-20-13(9-22(14)2)16(17,18)19/h7,9,11H,4-6,8H2,1-3H3/t11-/m0/s1. The van der Waals surface area contributed by atoms with Crippen LogP contribution in [0.4, 0.5) is 13.2 Å². The maximum absolute atomic E-state index is 12.9. The fraction of sp³-hybridized carbons (Fsp3) is 0.562. The van der Waals surface area contributed by atoms with E-state index in [2.05, 4.69) is 10.1 Å². The minimum Gasteiger partial charge on any atom is -0.337 e. The van der Waals surface area contributed by atoms with Gasteiger partial charge in [0.15, 0.2) is 5.69 Å². The van der Waals surface area contributed by atoms with Gasteiger partial charge in [0, 0.05) is 39.3 Å². The number of hydrogen-bond acceptors (Lipinski definition) is 3. The molecule has 0 unspecified atom stereocenters. The Kier molecular flexibility index (Phi) is 4.34. The molecular formula is C16H20F3N5O. The summed E-state index contributed by atoms with van der Waals surface area (Å²) in [6, 6.07) is 1.72. The van der Waals surface area contributed by atoms with E-state index in [0.29, 0.717) is 31.0 Å². The van der Waals surface area contributed by atoms with Crippen LogP contribution < -0.4 is 0 Å². The number of rotatable bonds is 2. The van der Waals surface area contributed by atoms with E-state index in [1.165, 1.54) is 9.25 Å². The second-order valence-corrected chi connectivity index (χ2v) is 6.48. The lowest BCUT2D eigenvalue weighted by molar-refractivity contribution is -0.141. The van der Waals surface area contributed by atoms with Crippen LogP contribution in [0.1, 0.15) is 46.5 Å². The van der Waals surface area contributed by atoms with Crippen LogP contribution in [0, 0.1) is 6.92 Å². The van der Waals surface area contributed by atoms with Crippen LogP contribution in [0.5, 0.6) is 0 Å². The largest absolute Gasteiger partial charge is 0.434 e. The second kappa shape index (κ2) is 6.20. The molecule has 0 radical (unpaired) electrons. The van der Waals surface area contributed by atoms with Gasteiger partial charge in [0.1, 0.15) is 11.5 Å². The first kappa shape index (κ1) is 17.5. The number of amides is 1. The molecule has 2 aromatic heterocycles. The molecular weight excluding hydrogens is 335 g/mol. The zero-order valence-electron chi connectivity index (χ0n) is 14.3. The zero-order chi connectivity index (χ0) is 18.4. The Bertz CT molecular complexity index is 792. The highest BCUT2D eigenvalue weighted by atomic mass is 19.4. The Morgan fingerprint density at radius 3 is 2.60 bits per heavy atom. The van der Waals surface area contributed by atoms with Crippen molar-refractivity contribution in [1.82, 2.24) is 24.2 Å². The molecule has 1 atom stereocenters. The van der Waals surface area contributed by atoms with E-state index in [1.54, 1.807) is 25.1 Å². The molecule has 1 aliphatic heterocycles. The number of piperidine rings is 1. The molecule has 136 valence electrons. The molecule has 3 heterocycles. The molecule has 0 spiro atoms. The Morgan fingerprint density at radius 2 is 2.04 bits per heavy atom. The summed E-state index contributed by atoms with van der Waals surface area (Å²) in [5.74, 6) is -0.00260. The van der Waals surface area contributed by atoms with Gasteiger partial charge in [-0.05, 0) is 25.8 Å². The van der Waals surface area contributed by atoms with E-state index in [4.69, 9.17) is 0 Å². The average molecular weight is 355 g/mol. The number of aryl methyl sites for hydroxylation is 3. The molecule has 3 rings (SSSR count). The summed E-state index contributed by atoms with van der Waals surface area (Å²) in [5.41, 5.74) is 0.336. The predicted octanol–water partition coefficient (Wildman–Crippen LogP) is 2.50. The maximum atomic E-state index is 12.9. The lowest BCUT2D eigenvalue weighted by Crippen LogP contribution is -2.40. The van der Waals surface area contributed by atoms with Crippen LogP contribution in [0.25, 0.3) is 0 Å². The monoisotopic (exact) mass is 355 g/mol. The van der Waals surface area contributed by atoms with Crippen LogP contribution in [-0.4, -0.2) is 43.2 Å². The summed E-state index contributed by atoms with van der Waals surface area (Å²) in [4.78, 5) is 18.2. The van der Waals surface area contributed by atoms with E-state index in [0.717, 1.165) is 18.3 Å². The SMILES string of the molecule is Cc1cc(C(=O)N2CCC[C@H](c3nc(C(F)(F)F)cn3C)C2)n(C)n1. The average Bonchev–Trinajstić information content (AvgIpc) is 3.09. The topological polar surface area (TPSA) is 56.0 Å². The molecule has 1 saturated heterocycles. The Hall–Kier alpha value is -2.32. The third kappa shape index (κ3) is 3.40. The Labute approximate surface area is 143 Å². The minimum atomic E-state index is -4.47. The summed E-state index contributed by atoms with van der Waals surface area (Å²) in [6.45, 7) is 2.74. The summed E-state index contributed by atoms with van der Waals surface area (Å²) in [5, 5.41) is 4.18. The van der Waals surface area contributed by atoms with Crippen molar-refractivity contribution >= 4 is 5.91 Å². The van der Waals surface area contributed by atoms with Crippen LogP contribution in [0.15, 0.2) is 12.3 Å². The number of halogens is 3. The van der Waals surface area contributed by atoms with Crippen molar-refractivity contribution in [3.63, 3.8) is 0 Å². The third-order valence-electron chi connectivity index (χ3n) is 4.50. The van der Waals surface area contributed by atoms with Gasteiger partial charge < -0.3 is 9.47 Å². The number of likely N-dealkylation sites (tertiary alicyclic amines) is 1. The summed E-state index contributed by atoms with van der Waals surface area (Å²) >= 11 is 0. The number of alkyl halides is 3. The number of nitrogens with zero attached hydrogens (tertiary/aromatic N) is 5. The third-order valence-corrected chi connectivity index (χ3v) is 4.50. The highest BCUT2D eigenvalue weighted by Crippen LogP contribution is 2.32. The number of carbonyl (C=O) groups excluding carboxylic acids is 1. The molecule has 0 saturated carbocycles. The fourth-order valence-corrected chi connectivity index (χ4v) is 3.34. The van der Waals surface area contributed by atoms with E-state index < -0.39 is 11.9 Å². The van der Waals surface area contributed by atoms with Gasteiger partial charge in [0.2, 0.25) is 0 Å². The van der Waals surface area contributed by atoms with Gasteiger partial charge in [0.25, 0.3) is 5.91 Å². The van der Waals surface area contributed by atoms with Gasteiger partial charge in [-0.1, -0.05) is 0 Å². The number of carbonyl (C=O) groups is 1. The highest BCUT2D eigenvalue weighted by molar-refractivity contribution is 5.92. The van der Waals surface area contributed by atoms with Crippen LogP contribution in [0.2, 0.25) is 0 Å². The van der Waals surface area contributed by atoms with E-state index in [9.17, 15) is 18.0 Å². The fourth-order valence-electron chi connectivity index (χ4n) is 3.34. The van der Waals surface area contributed by atoms with Gasteiger partial charge in [-0.2, -0.15) is 18.3 Å². The first-order chi connectivity index (χ1) is 11.7. The molecule has 0 N–H and O–H groups in total. The van der Waals surface area contributed by atoms with E-state index in [-0.39, 0.29) is 11.8 Å². The number of imidazole rings is 1. The summed E-state index contributed by atoms with van der Waals surface area (Å²) in [6.07, 6.45) is -2.04. The van der Waals surface area contributed by atoms with Gasteiger partial charge in [0.05, 0.1) is 5.69 Å². The normalized spacial score (nSPS) is 18.6. The predicted molar refractivity (Wildman–Crippen MR) is 84.0 cm³/mol. The van der Waals surface area contributed by atoms with Crippen molar-refractivity contribution < 1.29 is 18.0 Å². The van der Waals surface area contributed by atoms with Crippen LogP contribution in [0.3, 0.4) is 0 Å². The lowest BCUT2D eigenvalue weighted by atomic mass is 9.97. The smallest absolute Gasteiger partial charge is 0.337 e. The van der Waals surface area contributed by atoms with Crippen molar-refractivity contribution in [3.8, 4) is 0 Å². The van der Waals surface area contributed by atoms with E-state index in [1.807, 2.05) is 6.92 Å². The van der Waals surface area contributed by atoms with Crippen LogP contribution in [-0.2, 0) is 20.3 Å². The number of hydrogen-bond donors (Lipinski definition) is 0. The van der Waals surface area contributed by atoms with E-state index >= 15 is 0 Å². The quantitative estimate of drug-likeness (QED) is 0.832. The Balaban J connectivity index is 1.81. The molecule has 1 aliphatic rings. The second-order valence-electron chi connectivity index (χ2n) is 6.48. The number of aromatic nitrogens is 4. The van der Waals surface area contributed by atoms with Crippen molar-refractivity contribution in [2.75, 3.05) is 13.1 Å². The Morgan fingerprint density at radius 1 is 1.32 bits per heavy atom. The first-order valence-electron chi connectivity index (χ1n) is 8.07. The van der Waals surface area contributed by atoms with Gasteiger partial charge in [-0.25, -0.2) is 4.98 Å². The zero-order valence-corrected chi connectivity index (χ0v) is 14.3. The van der Waals surface area contributed by atoms with Gasteiger partial charge in [-0.15, -0.1) is 0 Å². The highest BCUT2D eigenvalue weighted by Gasteiger charge is 2.36. The lowest BCUT2D eigenvalue weighted by Gasteiger charge is -2.32. The molecule has 25 heavy (non-hydrogen) atoms. The van der Waals surface area contributed by atoms with Crippen LogP contribution >= 0.6 is 0 Å². The molecule has 0 aliphatic carbocycles. The van der Waals surface area contributed by atoms with Gasteiger partial charge >= 0.3 is 6.18 Å². The molecule has 6 nitrogen and oxygen atoms in total. The molecule has 2 aromatic rings. The molecule has 9 heteroatoms.